The van der Waals surface area contributed by atoms with Gasteiger partial charge in [-0.3, -0.25) is 0 Å². The highest BCUT2D eigenvalue weighted by Crippen LogP contribution is 2.33. The van der Waals surface area contributed by atoms with Crippen LogP contribution in [0.4, 0.5) is 0 Å². The van der Waals surface area contributed by atoms with Gasteiger partial charge in [0.2, 0.25) is 0 Å². The van der Waals surface area contributed by atoms with Gasteiger partial charge in [-0.2, -0.15) is 11.8 Å². The second kappa shape index (κ2) is 6.18. The third-order valence-corrected chi connectivity index (χ3v) is 6.77. The van der Waals surface area contributed by atoms with Crippen LogP contribution in [0.15, 0.2) is 53.4 Å². The largest absolute Gasteiger partial charge is 0.457 e. The number of ether oxygens (including phenoxy) is 1. The first-order chi connectivity index (χ1) is 10.0. The Hall–Kier alpha value is -0.730. The summed E-state index contributed by atoms with van der Waals surface area (Å²) >= 11 is 3.92. The maximum atomic E-state index is 12.1. The number of hydrogen-bond donors (Lipinski definition) is 0. The molecule has 1 saturated heterocycles. The molecule has 0 radical (unpaired) electrons. The van der Waals surface area contributed by atoms with Crippen molar-refractivity contribution in [2.45, 2.75) is 10.1 Å². The zero-order valence-corrected chi connectivity index (χ0v) is 14.8. The molecule has 1 fully saturated rings. The number of sulfone groups is 1. The van der Waals surface area contributed by atoms with Crippen molar-refractivity contribution >= 4 is 44.2 Å². The lowest BCUT2D eigenvalue weighted by Crippen LogP contribution is -2.10. The van der Waals surface area contributed by atoms with Gasteiger partial charge in [0.25, 0.3) is 0 Å². The number of benzene rings is 2. The quantitative estimate of drug-likeness (QED) is 0.530. The van der Waals surface area contributed by atoms with E-state index in [0.717, 1.165) is 15.1 Å². The molecule has 2 aromatic rings. The summed E-state index contributed by atoms with van der Waals surface area (Å²) in [4.78, 5) is 0.366. The lowest BCUT2D eigenvalue weighted by Gasteiger charge is -2.07. The fourth-order valence-corrected chi connectivity index (χ4v) is 4.89. The molecule has 6 heteroatoms. The second-order valence-electron chi connectivity index (χ2n) is 4.76. The van der Waals surface area contributed by atoms with Gasteiger partial charge in [-0.25, -0.2) is 8.42 Å². The van der Waals surface area contributed by atoms with Gasteiger partial charge in [0, 0.05) is 14.6 Å². The molecule has 0 aromatic heterocycles. The van der Waals surface area contributed by atoms with E-state index in [1.54, 1.807) is 36.0 Å². The Balaban J connectivity index is 1.72. The molecular weight excluding hydrogens is 419 g/mol. The Labute approximate surface area is 142 Å². The molecule has 0 unspecified atom stereocenters. The predicted molar refractivity (Wildman–Crippen MR) is 94.0 cm³/mol. The van der Waals surface area contributed by atoms with Crippen LogP contribution in [0.2, 0.25) is 0 Å². The molecule has 1 aliphatic heterocycles. The van der Waals surface area contributed by atoms with Gasteiger partial charge < -0.3 is 4.74 Å². The monoisotopic (exact) mass is 432 g/mol. The van der Waals surface area contributed by atoms with Gasteiger partial charge in [0.15, 0.2) is 9.84 Å². The van der Waals surface area contributed by atoms with Crippen LogP contribution >= 0.6 is 34.4 Å². The van der Waals surface area contributed by atoms with Crippen molar-refractivity contribution in [3.8, 4) is 11.5 Å². The van der Waals surface area contributed by atoms with Crippen molar-refractivity contribution in [2.24, 2.45) is 0 Å². The molecule has 0 spiro atoms. The molecule has 0 amide bonds. The predicted octanol–water partition coefficient (Wildman–Crippen LogP) is 3.97. The minimum absolute atomic E-state index is 0.231. The van der Waals surface area contributed by atoms with Crippen LogP contribution in [-0.4, -0.2) is 25.2 Å². The number of halogens is 1. The first-order valence-corrected chi connectivity index (χ1v) is 10.2. The molecule has 1 heterocycles. The highest BCUT2D eigenvalue weighted by Gasteiger charge is 2.29. The molecule has 0 aliphatic carbocycles. The van der Waals surface area contributed by atoms with E-state index in [4.69, 9.17) is 4.74 Å². The van der Waals surface area contributed by atoms with Crippen molar-refractivity contribution in [2.75, 3.05) is 11.5 Å². The number of rotatable bonds is 5. The summed E-state index contributed by atoms with van der Waals surface area (Å²) in [6.45, 7) is 0. The van der Waals surface area contributed by atoms with Crippen LogP contribution in [0.3, 0.4) is 0 Å². The summed E-state index contributed by atoms with van der Waals surface area (Å²) in [5.41, 5.74) is 0. The molecule has 0 bridgehead atoms. The lowest BCUT2D eigenvalue weighted by molar-refractivity contribution is 0.482. The average Bonchev–Trinajstić information content (AvgIpc) is 3.25. The summed E-state index contributed by atoms with van der Waals surface area (Å²) in [7, 11) is -3.17. The average molecular weight is 432 g/mol. The topological polar surface area (TPSA) is 43.4 Å². The first-order valence-electron chi connectivity index (χ1n) is 6.41. The molecule has 0 N–H and O–H groups in total. The fourth-order valence-electron chi connectivity index (χ4n) is 1.86. The minimum Gasteiger partial charge on any atom is -0.457 e. The van der Waals surface area contributed by atoms with Crippen LogP contribution < -0.4 is 4.74 Å². The van der Waals surface area contributed by atoms with Crippen molar-refractivity contribution in [3.05, 3.63) is 52.1 Å². The van der Waals surface area contributed by atoms with E-state index >= 15 is 0 Å². The third kappa shape index (κ3) is 4.14. The minimum atomic E-state index is -3.17. The van der Waals surface area contributed by atoms with E-state index in [1.165, 1.54) is 0 Å². The van der Waals surface area contributed by atoms with E-state index in [2.05, 4.69) is 22.6 Å². The molecule has 2 aromatic carbocycles. The Morgan fingerprint density at radius 2 is 1.57 bits per heavy atom. The van der Waals surface area contributed by atoms with E-state index in [-0.39, 0.29) is 11.0 Å². The molecule has 0 saturated carbocycles. The van der Waals surface area contributed by atoms with Gasteiger partial charge in [0.1, 0.15) is 11.5 Å². The van der Waals surface area contributed by atoms with Crippen molar-refractivity contribution < 1.29 is 13.2 Å². The lowest BCUT2D eigenvalue weighted by atomic mass is 10.3. The normalized spacial score (nSPS) is 17.5. The summed E-state index contributed by atoms with van der Waals surface area (Å²) in [5, 5.41) is 0.276. The van der Waals surface area contributed by atoms with Gasteiger partial charge in [-0.15, -0.1) is 0 Å². The SMILES string of the molecule is O=S(=O)(C[C@H]1CS1)c1ccc(Oc2ccc(I)cc2)cc1. The Kier molecular flexibility index (Phi) is 4.46. The Bertz CT molecular complexity index is 721. The van der Waals surface area contributed by atoms with Crippen LogP contribution in [0.5, 0.6) is 11.5 Å². The van der Waals surface area contributed by atoms with E-state index in [1.807, 2.05) is 24.3 Å². The molecule has 3 nitrogen and oxygen atoms in total. The van der Waals surface area contributed by atoms with Crippen LogP contribution in [-0.2, 0) is 9.84 Å². The highest BCUT2D eigenvalue weighted by molar-refractivity contribution is 14.1. The number of hydrogen-bond acceptors (Lipinski definition) is 4. The van der Waals surface area contributed by atoms with Gasteiger partial charge in [-0.1, -0.05) is 0 Å². The van der Waals surface area contributed by atoms with Crippen molar-refractivity contribution in [3.63, 3.8) is 0 Å². The summed E-state index contributed by atoms with van der Waals surface area (Å²) < 4.78 is 31.1. The van der Waals surface area contributed by atoms with Crippen molar-refractivity contribution in [1.82, 2.24) is 0 Å². The summed E-state index contributed by atoms with van der Waals surface area (Å²) in [6, 6.07) is 14.3. The summed E-state index contributed by atoms with van der Waals surface area (Å²) in [5.74, 6) is 2.55. The molecule has 3 rings (SSSR count). The molecule has 1 aliphatic rings. The van der Waals surface area contributed by atoms with E-state index in [0.29, 0.717) is 10.6 Å². The molecule has 110 valence electrons. The summed E-state index contributed by atoms with van der Waals surface area (Å²) in [6.07, 6.45) is 0. The fraction of sp³-hybridized carbons (Fsp3) is 0.200. The number of thioether (sulfide) groups is 1. The second-order valence-corrected chi connectivity index (χ2v) is 9.38. The third-order valence-electron chi connectivity index (χ3n) is 3.04. The molecule has 21 heavy (non-hydrogen) atoms. The molecule has 1 atom stereocenters. The van der Waals surface area contributed by atoms with Crippen LogP contribution in [0, 0.1) is 3.57 Å². The maximum Gasteiger partial charge on any atom is 0.179 e. The van der Waals surface area contributed by atoms with E-state index in [9.17, 15) is 8.42 Å². The van der Waals surface area contributed by atoms with Gasteiger partial charge in [0.05, 0.1) is 10.6 Å². The van der Waals surface area contributed by atoms with E-state index < -0.39 is 9.84 Å². The standard InChI is InChI=1S/C15H13IO3S2/c16-11-1-3-12(4-2-11)19-13-5-7-15(8-6-13)21(17,18)10-14-9-20-14/h1-8,14H,9-10H2/t14-/m1/s1. The van der Waals surface area contributed by atoms with Crippen LogP contribution in [0.25, 0.3) is 0 Å². The van der Waals surface area contributed by atoms with Crippen LogP contribution in [0.1, 0.15) is 0 Å². The zero-order chi connectivity index (χ0) is 14.9. The Morgan fingerprint density at radius 3 is 2.10 bits per heavy atom. The zero-order valence-electron chi connectivity index (χ0n) is 11.0. The Morgan fingerprint density at radius 1 is 1.05 bits per heavy atom. The highest BCUT2D eigenvalue weighted by atomic mass is 127. The first kappa shape index (κ1) is 15.2. The molecular formula is C15H13IO3S2. The van der Waals surface area contributed by atoms with Gasteiger partial charge >= 0.3 is 0 Å². The smallest absolute Gasteiger partial charge is 0.179 e. The van der Waals surface area contributed by atoms with Gasteiger partial charge in [-0.05, 0) is 71.1 Å². The van der Waals surface area contributed by atoms with Crippen molar-refractivity contribution in [1.29, 1.82) is 0 Å². The maximum absolute atomic E-state index is 12.1.